The molecule has 5 heterocycles. The SMILES string of the molecule is COc1cc(Nc2cnc3cnn(CC45CCC(CC4)OC5)c3n2)n[nH]1. The number of anilines is 2. The van der Waals surface area contributed by atoms with Crippen LogP contribution in [0.5, 0.6) is 5.88 Å². The zero-order valence-corrected chi connectivity index (χ0v) is 14.6. The van der Waals surface area contributed by atoms with Crippen molar-refractivity contribution >= 4 is 22.8 Å². The lowest BCUT2D eigenvalue weighted by Gasteiger charge is -2.46. The Morgan fingerprint density at radius 1 is 1.35 bits per heavy atom. The number of hydrogen-bond donors (Lipinski definition) is 2. The predicted octanol–water partition coefficient (Wildman–Crippen LogP) is 2.26. The van der Waals surface area contributed by atoms with Crippen molar-refractivity contribution in [3.05, 3.63) is 18.5 Å². The first-order valence-corrected chi connectivity index (χ1v) is 8.90. The number of nitrogens with one attached hydrogen (secondary N) is 2. The largest absolute Gasteiger partial charge is 0.481 e. The summed E-state index contributed by atoms with van der Waals surface area (Å²) in [6.07, 6.45) is 8.61. The van der Waals surface area contributed by atoms with Crippen LogP contribution in [0.3, 0.4) is 0 Å². The monoisotopic (exact) mass is 355 g/mol. The predicted molar refractivity (Wildman–Crippen MR) is 94.4 cm³/mol. The Hall–Kier alpha value is -2.68. The Morgan fingerprint density at radius 3 is 2.96 bits per heavy atom. The summed E-state index contributed by atoms with van der Waals surface area (Å²) in [5.41, 5.74) is 1.74. The van der Waals surface area contributed by atoms with E-state index in [1.54, 1.807) is 25.6 Å². The second kappa shape index (κ2) is 5.94. The molecule has 3 aliphatic rings. The number of H-pyrrole nitrogens is 1. The minimum atomic E-state index is 0.175. The number of aromatic amines is 1. The second-order valence-electron chi connectivity index (χ2n) is 7.22. The van der Waals surface area contributed by atoms with Gasteiger partial charge in [0.05, 0.1) is 38.8 Å². The van der Waals surface area contributed by atoms with Gasteiger partial charge in [-0.05, 0) is 25.7 Å². The fraction of sp³-hybridized carbons (Fsp3) is 0.529. The van der Waals surface area contributed by atoms with Gasteiger partial charge in [-0.1, -0.05) is 0 Å². The van der Waals surface area contributed by atoms with Gasteiger partial charge in [-0.25, -0.2) is 19.7 Å². The van der Waals surface area contributed by atoms with Crippen LogP contribution in [0.15, 0.2) is 18.5 Å². The standard InChI is InChI=1S/C17H21N7O2/c1-25-15-6-13(22-23-15)20-14-8-18-12-7-19-24(16(12)21-14)9-17-4-2-11(3-5-17)26-10-17/h6-8,11H,2-5,9-10H2,1H3,(H2,20,21,22,23). The molecular weight excluding hydrogens is 334 g/mol. The molecule has 0 radical (unpaired) electrons. The van der Waals surface area contributed by atoms with E-state index in [1.807, 2.05) is 4.68 Å². The molecule has 26 heavy (non-hydrogen) atoms. The van der Waals surface area contributed by atoms with Crippen LogP contribution in [0.2, 0.25) is 0 Å². The molecule has 0 spiro atoms. The molecule has 136 valence electrons. The maximum absolute atomic E-state index is 5.94. The summed E-state index contributed by atoms with van der Waals surface area (Å²) in [7, 11) is 1.59. The fourth-order valence-electron chi connectivity index (χ4n) is 3.96. The Morgan fingerprint density at radius 2 is 2.23 bits per heavy atom. The molecule has 2 saturated heterocycles. The van der Waals surface area contributed by atoms with Gasteiger partial charge in [-0.2, -0.15) is 10.2 Å². The number of ether oxygens (including phenoxy) is 2. The molecule has 0 unspecified atom stereocenters. The highest BCUT2D eigenvalue weighted by molar-refractivity contribution is 5.72. The average Bonchev–Trinajstić information content (AvgIpc) is 3.30. The molecule has 1 saturated carbocycles. The highest BCUT2D eigenvalue weighted by Gasteiger charge is 2.42. The lowest BCUT2D eigenvalue weighted by atomic mass is 9.71. The van der Waals surface area contributed by atoms with Crippen molar-refractivity contribution in [2.45, 2.75) is 38.3 Å². The lowest BCUT2D eigenvalue weighted by Crippen LogP contribution is -2.45. The minimum Gasteiger partial charge on any atom is -0.481 e. The maximum Gasteiger partial charge on any atom is 0.210 e. The first kappa shape index (κ1) is 15.6. The summed E-state index contributed by atoms with van der Waals surface area (Å²) in [4.78, 5) is 9.17. The molecule has 0 atom stereocenters. The Bertz CT molecular complexity index is 912. The third-order valence-electron chi connectivity index (χ3n) is 5.48. The Kier molecular flexibility index (Phi) is 3.56. The van der Waals surface area contributed by atoms with E-state index in [-0.39, 0.29) is 5.41 Å². The zero-order valence-electron chi connectivity index (χ0n) is 14.6. The number of aromatic nitrogens is 6. The maximum atomic E-state index is 5.94. The van der Waals surface area contributed by atoms with E-state index < -0.39 is 0 Å². The molecule has 2 N–H and O–H groups in total. The van der Waals surface area contributed by atoms with Gasteiger partial charge in [-0.3, -0.25) is 0 Å². The summed E-state index contributed by atoms with van der Waals surface area (Å²) in [5, 5.41) is 14.6. The molecule has 0 amide bonds. The normalized spacial score (nSPS) is 24.9. The van der Waals surface area contributed by atoms with Crippen LogP contribution >= 0.6 is 0 Å². The molecule has 1 aliphatic carbocycles. The van der Waals surface area contributed by atoms with E-state index in [4.69, 9.17) is 14.5 Å². The number of nitrogens with zero attached hydrogens (tertiary/aromatic N) is 5. The van der Waals surface area contributed by atoms with Crippen LogP contribution in [0.1, 0.15) is 25.7 Å². The first-order chi connectivity index (χ1) is 12.7. The van der Waals surface area contributed by atoms with Gasteiger partial charge in [0.1, 0.15) is 5.52 Å². The molecule has 2 aliphatic heterocycles. The van der Waals surface area contributed by atoms with Crippen molar-refractivity contribution in [1.29, 1.82) is 0 Å². The topological polar surface area (TPSA) is 103 Å². The van der Waals surface area contributed by atoms with Crippen molar-refractivity contribution in [1.82, 2.24) is 29.9 Å². The van der Waals surface area contributed by atoms with Gasteiger partial charge in [0.15, 0.2) is 17.3 Å². The van der Waals surface area contributed by atoms with Crippen LogP contribution < -0.4 is 10.1 Å². The smallest absolute Gasteiger partial charge is 0.210 e. The van der Waals surface area contributed by atoms with E-state index in [0.717, 1.165) is 37.2 Å². The Balaban J connectivity index is 1.41. The molecule has 2 bridgehead atoms. The molecule has 3 aromatic rings. The molecule has 3 aromatic heterocycles. The third kappa shape index (κ3) is 2.68. The number of rotatable bonds is 5. The van der Waals surface area contributed by atoms with Crippen molar-refractivity contribution in [2.75, 3.05) is 19.0 Å². The van der Waals surface area contributed by atoms with Crippen LogP contribution in [0.4, 0.5) is 11.6 Å². The third-order valence-corrected chi connectivity index (χ3v) is 5.48. The van der Waals surface area contributed by atoms with E-state index in [2.05, 4.69) is 25.6 Å². The van der Waals surface area contributed by atoms with Gasteiger partial charge < -0.3 is 14.8 Å². The minimum absolute atomic E-state index is 0.175. The highest BCUT2D eigenvalue weighted by atomic mass is 16.5. The van der Waals surface area contributed by atoms with Gasteiger partial charge in [-0.15, -0.1) is 0 Å². The van der Waals surface area contributed by atoms with Crippen molar-refractivity contribution < 1.29 is 9.47 Å². The van der Waals surface area contributed by atoms with E-state index in [9.17, 15) is 0 Å². The number of fused-ring (bicyclic) bond motifs is 4. The van der Waals surface area contributed by atoms with E-state index in [0.29, 0.717) is 23.6 Å². The average molecular weight is 355 g/mol. The van der Waals surface area contributed by atoms with Crippen molar-refractivity contribution in [3.63, 3.8) is 0 Å². The van der Waals surface area contributed by atoms with Crippen molar-refractivity contribution in [2.24, 2.45) is 5.41 Å². The van der Waals surface area contributed by atoms with Crippen LogP contribution in [0.25, 0.3) is 11.2 Å². The van der Waals surface area contributed by atoms with Gasteiger partial charge in [0.2, 0.25) is 5.88 Å². The summed E-state index contributed by atoms with van der Waals surface area (Å²) in [6, 6.07) is 1.76. The fourth-order valence-corrected chi connectivity index (χ4v) is 3.96. The second-order valence-corrected chi connectivity index (χ2v) is 7.22. The summed E-state index contributed by atoms with van der Waals surface area (Å²) >= 11 is 0. The highest BCUT2D eigenvalue weighted by Crippen LogP contribution is 2.44. The molecule has 6 rings (SSSR count). The van der Waals surface area contributed by atoms with Crippen LogP contribution in [0, 0.1) is 5.41 Å². The Labute approximate surface area is 150 Å². The lowest BCUT2D eigenvalue weighted by molar-refractivity contribution is -0.121. The van der Waals surface area contributed by atoms with Gasteiger partial charge in [0.25, 0.3) is 0 Å². The molecule has 9 nitrogen and oxygen atoms in total. The molecule has 3 fully saturated rings. The molecule has 0 aromatic carbocycles. The summed E-state index contributed by atoms with van der Waals surface area (Å²) < 4.78 is 13.0. The van der Waals surface area contributed by atoms with Crippen LogP contribution in [-0.2, 0) is 11.3 Å². The van der Waals surface area contributed by atoms with Gasteiger partial charge in [0, 0.05) is 11.5 Å². The molecule has 9 heteroatoms. The number of hydrogen-bond acceptors (Lipinski definition) is 7. The number of methoxy groups -OCH3 is 1. The van der Waals surface area contributed by atoms with E-state index in [1.165, 1.54) is 12.8 Å². The summed E-state index contributed by atoms with van der Waals surface area (Å²) in [5.74, 6) is 1.83. The summed E-state index contributed by atoms with van der Waals surface area (Å²) in [6.45, 7) is 1.63. The first-order valence-electron chi connectivity index (χ1n) is 8.90. The van der Waals surface area contributed by atoms with E-state index >= 15 is 0 Å². The molecular formula is C17H21N7O2. The quantitative estimate of drug-likeness (QED) is 0.723. The van der Waals surface area contributed by atoms with Crippen LogP contribution in [-0.4, -0.2) is 49.8 Å². The van der Waals surface area contributed by atoms with Gasteiger partial charge >= 0.3 is 0 Å². The van der Waals surface area contributed by atoms with Crippen molar-refractivity contribution in [3.8, 4) is 5.88 Å². The zero-order chi connectivity index (χ0) is 17.6.